The van der Waals surface area contributed by atoms with E-state index in [1.165, 1.54) is 0 Å². The fraction of sp³-hybridized carbons (Fsp3) is 0.500. The van der Waals surface area contributed by atoms with Crippen molar-refractivity contribution in [3.63, 3.8) is 0 Å². The second-order valence-electron chi connectivity index (χ2n) is 4.60. The van der Waals surface area contributed by atoms with Gasteiger partial charge in [0.15, 0.2) is 0 Å². The average Bonchev–Trinajstić information content (AvgIpc) is 2.79. The highest BCUT2D eigenvalue weighted by molar-refractivity contribution is 5.42. The summed E-state index contributed by atoms with van der Waals surface area (Å²) in [4.78, 5) is 0. The first-order valence-electron chi connectivity index (χ1n) is 5.08. The Morgan fingerprint density at radius 2 is 2.00 bits per heavy atom. The van der Waals surface area contributed by atoms with Gasteiger partial charge in [-0.05, 0) is 55.9 Å². The van der Waals surface area contributed by atoms with E-state index < -0.39 is 0 Å². The smallest absolute Gasteiger partial charge is 0.119 e. The van der Waals surface area contributed by atoms with Crippen LogP contribution in [0.5, 0.6) is 5.75 Å². The zero-order valence-electron chi connectivity index (χ0n) is 8.80. The third-order valence-electron chi connectivity index (χ3n) is 3.15. The Labute approximate surface area is 84.7 Å². The second-order valence-corrected chi connectivity index (χ2v) is 4.60. The molecule has 2 heteroatoms. The largest absolute Gasteiger partial charge is 0.508 e. The maximum absolute atomic E-state index is 9.66. The van der Waals surface area contributed by atoms with Gasteiger partial charge in [0.25, 0.3) is 0 Å². The molecule has 0 atom stereocenters. The van der Waals surface area contributed by atoms with Crippen LogP contribution in [0.1, 0.15) is 29.5 Å². The molecule has 1 saturated carbocycles. The average molecular weight is 191 g/mol. The van der Waals surface area contributed by atoms with Crippen molar-refractivity contribution < 1.29 is 5.11 Å². The molecule has 0 heterocycles. The number of hydrogen-bond acceptors (Lipinski definition) is 2. The van der Waals surface area contributed by atoms with Gasteiger partial charge in [-0.1, -0.05) is 6.07 Å². The minimum Gasteiger partial charge on any atom is -0.508 e. The maximum atomic E-state index is 9.66. The van der Waals surface area contributed by atoms with Gasteiger partial charge in [0.05, 0.1) is 0 Å². The molecule has 0 bridgehead atoms. The van der Waals surface area contributed by atoms with Crippen LogP contribution in [0.15, 0.2) is 12.1 Å². The molecule has 14 heavy (non-hydrogen) atoms. The fourth-order valence-corrected chi connectivity index (χ4v) is 1.76. The summed E-state index contributed by atoms with van der Waals surface area (Å²) in [6.45, 7) is 3.96. The predicted octanol–water partition coefficient (Wildman–Crippen LogP) is 2.04. The Hall–Kier alpha value is -1.02. The molecule has 0 saturated heterocycles. The molecule has 0 aliphatic heterocycles. The first-order chi connectivity index (χ1) is 6.50. The zero-order valence-corrected chi connectivity index (χ0v) is 8.80. The lowest BCUT2D eigenvalue weighted by Crippen LogP contribution is -2.24. The number of aryl methyl sites for hydroxylation is 1. The third-order valence-corrected chi connectivity index (χ3v) is 3.15. The number of hydrogen-bond donors (Lipinski definition) is 2. The number of benzene rings is 1. The number of rotatable bonds is 2. The van der Waals surface area contributed by atoms with Crippen LogP contribution in [-0.2, 0) is 6.42 Å². The molecule has 76 valence electrons. The molecule has 0 amide bonds. The Balaban J connectivity index is 2.26. The fourth-order valence-electron chi connectivity index (χ4n) is 1.76. The molecule has 1 aliphatic rings. The summed E-state index contributed by atoms with van der Waals surface area (Å²) in [5.74, 6) is 0.393. The van der Waals surface area contributed by atoms with Crippen LogP contribution >= 0.6 is 0 Å². The molecule has 0 spiro atoms. The van der Waals surface area contributed by atoms with Crippen molar-refractivity contribution in [2.24, 2.45) is 5.73 Å². The molecular weight excluding hydrogens is 174 g/mol. The van der Waals surface area contributed by atoms with Gasteiger partial charge in [0, 0.05) is 5.54 Å². The SMILES string of the molecule is Cc1cc(CC2(N)CC2)cc(O)c1C. The topological polar surface area (TPSA) is 46.2 Å². The van der Waals surface area contributed by atoms with Crippen LogP contribution in [0.25, 0.3) is 0 Å². The van der Waals surface area contributed by atoms with Gasteiger partial charge in [-0.15, -0.1) is 0 Å². The number of phenols is 1. The highest BCUT2D eigenvalue weighted by Gasteiger charge is 2.38. The van der Waals surface area contributed by atoms with Crippen LogP contribution in [0.2, 0.25) is 0 Å². The van der Waals surface area contributed by atoms with Crippen LogP contribution < -0.4 is 5.73 Å². The summed E-state index contributed by atoms with van der Waals surface area (Å²) in [5, 5.41) is 9.66. The summed E-state index contributed by atoms with van der Waals surface area (Å²) in [6, 6.07) is 3.97. The summed E-state index contributed by atoms with van der Waals surface area (Å²) < 4.78 is 0. The van der Waals surface area contributed by atoms with Crippen LogP contribution in [0.4, 0.5) is 0 Å². The number of phenolic OH excluding ortho intramolecular Hbond substituents is 1. The highest BCUT2D eigenvalue weighted by atomic mass is 16.3. The van der Waals surface area contributed by atoms with E-state index in [0.717, 1.165) is 36.0 Å². The number of nitrogens with two attached hydrogens (primary N) is 1. The second kappa shape index (κ2) is 2.99. The summed E-state index contributed by atoms with van der Waals surface area (Å²) >= 11 is 0. The third kappa shape index (κ3) is 1.75. The van der Waals surface area contributed by atoms with E-state index >= 15 is 0 Å². The highest BCUT2D eigenvalue weighted by Crippen LogP contribution is 2.36. The van der Waals surface area contributed by atoms with Crippen molar-refractivity contribution in [2.75, 3.05) is 0 Å². The molecule has 0 aromatic heterocycles. The van der Waals surface area contributed by atoms with E-state index in [1.54, 1.807) is 0 Å². The molecule has 3 N–H and O–H groups in total. The van der Waals surface area contributed by atoms with E-state index in [2.05, 4.69) is 6.07 Å². The predicted molar refractivity (Wildman–Crippen MR) is 57.4 cm³/mol. The van der Waals surface area contributed by atoms with Crippen molar-refractivity contribution in [3.8, 4) is 5.75 Å². The van der Waals surface area contributed by atoms with Gasteiger partial charge < -0.3 is 10.8 Å². The van der Waals surface area contributed by atoms with E-state index in [-0.39, 0.29) is 5.54 Å². The molecule has 2 nitrogen and oxygen atoms in total. The zero-order chi connectivity index (χ0) is 10.3. The van der Waals surface area contributed by atoms with Crippen LogP contribution in [-0.4, -0.2) is 10.6 Å². The Morgan fingerprint density at radius 3 is 2.50 bits per heavy atom. The van der Waals surface area contributed by atoms with Crippen molar-refractivity contribution in [1.82, 2.24) is 0 Å². The van der Waals surface area contributed by atoms with Gasteiger partial charge in [0.2, 0.25) is 0 Å². The van der Waals surface area contributed by atoms with Crippen LogP contribution in [0, 0.1) is 13.8 Å². The summed E-state index contributed by atoms with van der Waals surface area (Å²) in [6.07, 6.45) is 3.11. The lowest BCUT2D eigenvalue weighted by Gasteiger charge is -2.11. The van der Waals surface area contributed by atoms with E-state index in [4.69, 9.17) is 5.73 Å². The maximum Gasteiger partial charge on any atom is 0.119 e. The van der Waals surface area contributed by atoms with Gasteiger partial charge in [0.1, 0.15) is 5.75 Å². The number of aromatic hydroxyl groups is 1. The first kappa shape index (κ1) is 9.53. The molecule has 2 rings (SSSR count). The normalized spacial score (nSPS) is 18.2. The summed E-state index contributed by atoms with van der Waals surface area (Å²) in [7, 11) is 0. The van der Waals surface area contributed by atoms with Gasteiger partial charge in [-0.3, -0.25) is 0 Å². The molecule has 1 fully saturated rings. The lowest BCUT2D eigenvalue weighted by molar-refractivity contribution is 0.469. The molecule has 0 radical (unpaired) electrons. The van der Waals surface area contributed by atoms with Crippen LogP contribution in [0.3, 0.4) is 0 Å². The monoisotopic (exact) mass is 191 g/mol. The summed E-state index contributed by atoms with van der Waals surface area (Å²) in [5.41, 5.74) is 9.33. The molecule has 1 aliphatic carbocycles. The minimum atomic E-state index is 0.0220. The van der Waals surface area contributed by atoms with Crippen molar-refractivity contribution in [2.45, 2.75) is 38.6 Å². The Kier molecular flexibility index (Phi) is 2.04. The Morgan fingerprint density at radius 1 is 1.36 bits per heavy atom. The van der Waals surface area contributed by atoms with Crippen molar-refractivity contribution in [3.05, 3.63) is 28.8 Å². The molecule has 1 aromatic rings. The first-order valence-corrected chi connectivity index (χ1v) is 5.08. The van der Waals surface area contributed by atoms with Gasteiger partial charge >= 0.3 is 0 Å². The van der Waals surface area contributed by atoms with Gasteiger partial charge in [-0.25, -0.2) is 0 Å². The molecule has 1 aromatic carbocycles. The molecule has 0 unspecified atom stereocenters. The minimum absolute atomic E-state index is 0.0220. The van der Waals surface area contributed by atoms with E-state index in [0.29, 0.717) is 5.75 Å². The lowest BCUT2D eigenvalue weighted by atomic mass is 9.99. The van der Waals surface area contributed by atoms with E-state index in [1.807, 2.05) is 19.9 Å². The van der Waals surface area contributed by atoms with Gasteiger partial charge in [-0.2, -0.15) is 0 Å². The van der Waals surface area contributed by atoms with Crippen molar-refractivity contribution >= 4 is 0 Å². The van der Waals surface area contributed by atoms with E-state index in [9.17, 15) is 5.11 Å². The Bertz CT molecular complexity index is 344. The van der Waals surface area contributed by atoms with Crippen molar-refractivity contribution in [1.29, 1.82) is 0 Å². The quantitative estimate of drug-likeness (QED) is 0.751. The molecular formula is C12H17NO. The standard InChI is InChI=1S/C12H17NO/c1-8-5-10(6-11(14)9(8)2)7-12(13)3-4-12/h5-6,14H,3-4,7,13H2,1-2H3.